The average Bonchev–Trinajstić information content (AvgIpc) is 2.30. The third kappa shape index (κ3) is 4.69. The van der Waals surface area contributed by atoms with Crippen molar-refractivity contribution >= 4 is 26.0 Å². The van der Waals surface area contributed by atoms with Crippen LogP contribution in [0, 0.1) is 0 Å². The molecule has 0 saturated carbocycles. The summed E-state index contributed by atoms with van der Waals surface area (Å²) >= 11 is 3.49. The fraction of sp³-hybridized carbons (Fsp3) is 1.00. The molecule has 0 radical (unpaired) electrons. The van der Waals surface area contributed by atoms with Crippen LogP contribution in [-0.2, 0) is 14.8 Å². The van der Waals surface area contributed by atoms with E-state index in [9.17, 15) is 8.42 Å². The molecule has 4 nitrogen and oxygen atoms in total. The first-order valence-corrected chi connectivity index (χ1v) is 8.22. The van der Waals surface area contributed by atoms with Gasteiger partial charge in [0.05, 0.1) is 5.25 Å². The molecule has 1 rings (SSSR count). The van der Waals surface area contributed by atoms with Crippen molar-refractivity contribution in [1.82, 2.24) is 4.72 Å². The Morgan fingerprint density at radius 2 is 2.06 bits per heavy atom. The average molecular weight is 314 g/mol. The van der Waals surface area contributed by atoms with Gasteiger partial charge in [-0.2, -0.15) is 0 Å². The maximum Gasteiger partial charge on any atom is 0.214 e. The van der Waals surface area contributed by atoms with Crippen LogP contribution in [0.4, 0.5) is 0 Å². The Balaban J connectivity index is 2.33. The maximum atomic E-state index is 11.9. The summed E-state index contributed by atoms with van der Waals surface area (Å²) in [5, 5.41) is -0.267. The van der Waals surface area contributed by atoms with E-state index in [1.807, 2.05) is 0 Å². The lowest BCUT2D eigenvalue weighted by Gasteiger charge is -2.22. The molecule has 1 N–H and O–H groups in total. The normalized spacial score (nSPS) is 20.9. The Labute approximate surface area is 106 Å². The van der Waals surface area contributed by atoms with E-state index < -0.39 is 10.0 Å². The Hall–Kier alpha value is 0.350. The zero-order valence-corrected chi connectivity index (χ0v) is 12.0. The molecule has 0 aromatic rings. The predicted octanol–water partition coefficient (Wildman–Crippen LogP) is 1.65. The molecule has 1 heterocycles. The predicted molar refractivity (Wildman–Crippen MR) is 68.4 cm³/mol. The Kier molecular flexibility index (Phi) is 6.25. The van der Waals surface area contributed by atoms with Crippen molar-refractivity contribution in [3.63, 3.8) is 0 Å². The van der Waals surface area contributed by atoms with Crippen molar-refractivity contribution in [3.05, 3.63) is 0 Å². The summed E-state index contributed by atoms with van der Waals surface area (Å²) < 4.78 is 31.6. The second-order valence-corrected chi connectivity index (χ2v) is 7.39. The molecule has 6 heteroatoms. The molecule has 0 bridgehead atoms. The van der Waals surface area contributed by atoms with Gasteiger partial charge in [0, 0.05) is 24.6 Å². The molecule has 0 aromatic carbocycles. The van der Waals surface area contributed by atoms with E-state index in [2.05, 4.69) is 27.6 Å². The fourth-order valence-corrected chi connectivity index (χ4v) is 3.35. The van der Waals surface area contributed by atoms with Crippen molar-refractivity contribution in [2.24, 2.45) is 0 Å². The monoisotopic (exact) mass is 313 g/mol. The number of ether oxygens (including phenoxy) is 1. The van der Waals surface area contributed by atoms with Gasteiger partial charge in [0.2, 0.25) is 10.0 Å². The van der Waals surface area contributed by atoms with Crippen LogP contribution in [0.15, 0.2) is 0 Å². The van der Waals surface area contributed by atoms with Gasteiger partial charge >= 0.3 is 0 Å². The molecule has 0 amide bonds. The van der Waals surface area contributed by atoms with E-state index in [0.717, 1.165) is 12.8 Å². The number of alkyl halides is 1. The van der Waals surface area contributed by atoms with E-state index in [-0.39, 0.29) is 5.25 Å². The summed E-state index contributed by atoms with van der Waals surface area (Å²) in [5.74, 6) is 0. The minimum Gasteiger partial charge on any atom is -0.381 e. The van der Waals surface area contributed by atoms with E-state index >= 15 is 0 Å². The lowest BCUT2D eigenvalue weighted by Crippen LogP contribution is -2.38. The molecule has 16 heavy (non-hydrogen) atoms. The summed E-state index contributed by atoms with van der Waals surface area (Å²) in [4.78, 5) is 0.393. The smallest absolute Gasteiger partial charge is 0.214 e. The fourth-order valence-electron chi connectivity index (χ4n) is 1.67. The molecule has 1 unspecified atom stereocenters. The Morgan fingerprint density at radius 3 is 2.62 bits per heavy atom. The van der Waals surface area contributed by atoms with E-state index in [1.165, 1.54) is 0 Å². The van der Waals surface area contributed by atoms with Crippen molar-refractivity contribution in [1.29, 1.82) is 0 Å². The largest absolute Gasteiger partial charge is 0.381 e. The zero-order valence-electron chi connectivity index (χ0n) is 9.62. The highest BCUT2D eigenvalue weighted by molar-refractivity contribution is 9.09. The Bertz CT molecular complexity index is 288. The van der Waals surface area contributed by atoms with Crippen LogP contribution in [0.5, 0.6) is 0 Å². The highest BCUT2D eigenvalue weighted by Gasteiger charge is 2.27. The molecule has 1 aliphatic heterocycles. The first-order chi connectivity index (χ1) is 7.56. The van der Waals surface area contributed by atoms with E-state index in [1.54, 1.807) is 0 Å². The third-order valence-corrected chi connectivity index (χ3v) is 5.87. The minimum atomic E-state index is -3.14. The SMILES string of the molecule is CCC(Br)CCNS(=O)(=O)C1CCOCC1. The van der Waals surface area contributed by atoms with Gasteiger partial charge in [-0.3, -0.25) is 0 Å². The molecule has 0 spiro atoms. The number of nitrogens with one attached hydrogen (secondary N) is 1. The topological polar surface area (TPSA) is 55.4 Å². The maximum absolute atomic E-state index is 11.9. The highest BCUT2D eigenvalue weighted by atomic mass is 79.9. The third-order valence-electron chi connectivity index (χ3n) is 2.81. The van der Waals surface area contributed by atoms with Crippen LogP contribution in [0.3, 0.4) is 0 Å². The van der Waals surface area contributed by atoms with Crippen molar-refractivity contribution in [2.45, 2.75) is 42.7 Å². The van der Waals surface area contributed by atoms with Crippen LogP contribution in [0.25, 0.3) is 0 Å². The molecule has 96 valence electrons. The van der Waals surface area contributed by atoms with Crippen LogP contribution in [0.2, 0.25) is 0 Å². The molecule has 0 aliphatic carbocycles. The molecule has 1 aliphatic rings. The van der Waals surface area contributed by atoms with Gasteiger partial charge in [0.15, 0.2) is 0 Å². The van der Waals surface area contributed by atoms with Gasteiger partial charge in [-0.05, 0) is 25.7 Å². The Morgan fingerprint density at radius 1 is 1.44 bits per heavy atom. The number of hydrogen-bond donors (Lipinski definition) is 1. The van der Waals surface area contributed by atoms with Crippen molar-refractivity contribution < 1.29 is 13.2 Å². The number of hydrogen-bond acceptors (Lipinski definition) is 3. The standard InChI is InChI=1S/C10H20BrNO3S/c1-2-9(11)3-6-12-16(13,14)10-4-7-15-8-5-10/h9-10,12H,2-8H2,1H3. The van der Waals surface area contributed by atoms with Gasteiger partial charge in [0.1, 0.15) is 0 Å². The van der Waals surface area contributed by atoms with E-state index in [0.29, 0.717) is 37.4 Å². The van der Waals surface area contributed by atoms with Crippen molar-refractivity contribution in [3.8, 4) is 0 Å². The first-order valence-electron chi connectivity index (χ1n) is 5.76. The molecule has 1 fully saturated rings. The molecule has 1 saturated heterocycles. The number of halogens is 1. The van der Waals surface area contributed by atoms with Gasteiger partial charge in [-0.25, -0.2) is 13.1 Å². The molecule has 1 atom stereocenters. The summed E-state index contributed by atoms with van der Waals surface area (Å²) in [5.41, 5.74) is 0. The number of rotatable bonds is 6. The van der Waals surface area contributed by atoms with Crippen LogP contribution < -0.4 is 4.72 Å². The van der Waals surface area contributed by atoms with Gasteiger partial charge < -0.3 is 4.74 Å². The zero-order chi connectivity index (χ0) is 12.0. The second-order valence-electron chi connectivity index (χ2n) is 4.05. The number of sulfonamides is 1. The van der Waals surface area contributed by atoms with Gasteiger partial charge in [0.25, 0.3) is 0 Å². The second kappa shape index (κ2) is 6.93. The highest BCUT2D eigenvalue weighted by Crippen LogP contribution is 2.15. The lowest BCUT2D eigenvalue weighted by atomic mass is 10.2. The summed E-state index contributed by atoms with van der Waals surface area (Å²) in [6, 6.07) is 0. The summed E-state index contributed by atoms with van der Waals surface area (Å²) in [6.45, 7) is 3.71. The summed E-state index contributed by atoms with van der Waals surface area (Å²) in [7, 11) is -3.14. The van der Waals surface area contributed by atoms with Gasteiger partial charge in [-0.15, -0.1) is 0 Å². The van der Waals surface area contributed by atoms with Crippen LogP contribution in [0.1, 0.15) is 32.6 Å². The van der Waals surface area contributed by atoms with Crippen molar-refractivity contribution in [2.75, 3.05) is 19.8 Å². The molecular weight excluding hydrogens is 294 g/mol. The summed E-state index contributed by atoms with van der Waals surface area (Å²) in [6.07, 6.45) is 3.07. The first kappa shape index (κ1) is 14.4. The van der Waals surface area contributed by atoms with Gasteiger partial charge in [-0.1, -0.05) is 22.9 Å². The van der Waals surface area contributed by atoms with Crippen LogP contribution in [-0.4, -0.2) is 38.3 Å². The lowest BCUT2D eigenvalue weighted by molar-refractivity contribution is 0.0981. The molecule has 0 aromatic heterocycles. The van der Waals surface area contributed by atoms with E-state index in [4.69, 9.17) is 4.74 Å². The minimum absolute atomic E-state index is 0.267. The van der Waals surface area contributed by atoms with Crippen LogP contribution >= 0.6 is 15.9 Å². The quantitative estimate of drug-likeness (QED) is 0.759. The molecular formula is C10H20BrNO3S.